The minimum atomic E-state index is 1.08. The summed E-state index contributed by atoms with van der Waals surface area (Å²) in [5.74, 6) is 0. The lowest BCUT2D eigenvalue weighted by Crippen LogP contribution is -2.10. The van der Waals surface area contributed by atoms with Gasteiger partial charge in [-0.2, -0.15) is 0 Å². The van der Waals surface area contributed by atoms with Crippen molar-refractivity contribution < 1.29 is 0 Å². The van der Waals surface area contributed by atoms with Gasteiger partial charge in [-0.05, 0) is 125 Å². The maximum Gasteiger partial charge on any atom is 0.0468 e. The summed E-state index contributed by atoms with van der Waals surface area (Å²) in [4.78, 5) is 2.40. The number of benzene rings is 11. The second kappa shape index (κ2) is 16.7. The van der Waals surface area contributed by atoms with Crippen LogP contribution in [0, 0.1) is 0 Å². The Morgan fingerprint density at radius 3 is 1.25 bits per heavy atom. The maximum atomic E-state index is 2.40. The van der Waals surface area contributed by atoms with Crippen LogP contribution in [-0.4, -0.2) is 0 Å². The van der Waals surface area contributed by atoms with E-state index < -0.39 is 0 Å². The van der Waals surface area contributed by atoms with Crippen LogP contribution in [0.3, 0.4) is 0 Å². The molecule has 296 valence electrons. The molecule has 1 heteroatoms. The molecule has 11 aromatic carbocycles. The molecule has 0 fully saturated rings. The van der Waals surface area contributed by atoms with Crippen molar-refractivity contribution in [1.82, 2.24) is 0 Å². The molecule has 11 rings (SSSR count). The van der Waals surface area contributed by atoms with Crippen LogP contribution in [0.4, 0.5) is 17.1 Å². The van der Waals surface area contributed by atoms with Gasteiger partial charge in [-0.25, -0.2) is 0 Å². The predicted octanol–water partition coefficient (Wildman–Crippen LogP) is 17.5. The summed E-state index contributed by atoms with van der Waals surface area (Å²) in [7, 11) is 0. The summed E-state index contributed by atoms with van der Waals surface area (Å²) >= 11 is 0. The number of anilines is 3. The topological polar surface area (TPSA) is 3.24 Å². The molecule has 63 heavy (non-hydrogen) atoms. The van der Waals surface area contributed by atoms with Crippen molar-refractivity contribution >= 4 is 38.6 Å². The summed E-state index contributed by atoms with van der Waals surface area (Å²) in [6.45, 7) is 0. The molecule has 0 aliphatic rings. The van der Waals surface area contributed by atoms with Gasteiger partial charge >= 0.3 is 0 Å². The third kappa shape index (κ3) is 7.16. The van der Waals surface area contributed by atoms with E-state index in [2.05, 4.69) is 266 Å². The second-order valence-corrected chi connectivity index (χ2v) is 16.0. The van der Waals surface area contributed by atoms with Crippen molar-refractivity contribution in [3.8, 4) is 66.8 Å². The van der Waals surface area contributed by atoms with E-state index in [0.717, 1.165) is 17.1 Å². The van der Waals surface area contributed by atoms with Crippen LogP contribution >= 0.6 is 0 Å². The van der Waals surface area contributed by atoms with Crippen molar-refractivity contribution in [3.63, 3.8) is 0 Å². The predicted molar refractivity (Wildman–Crippen MR) is 269 cm³/mol. The van der Waals surface area contributed by atoms with Crippen molar-refractivity contribution in [2.75, 3.05) is 4.90 Å². The van der Waals surface area contributed by atoms with E-state index in [9.17, 15) is 0 Å². The highest BCUT2D eigenvalue weighted by molar-refractivity contribution is 6.25. The SMILES string of the molecule is c1ccc(-c2cccc(N(c3ccc(-c4cccc5c(-c6ccccc6)c(-c6ccccc6)c6ccccc6c45)cc3)c3ccc(-c4ccccc4)c(-c4ccccc4)c3)c2)cc1. The zero-order chi connectivity index (χ0) is 42.0. The zero-order valence-corrected chi connectivity index (χ0v) is 34.8. The van der Waals surface area contributed by atoms with Crippen molar-refractivity contribution in [2.45, 2.75) is 0 Å². The molecule has 0 radical (unpaired) electrons. The minimum Gasteiger partial charge on any atom is -0.310 e. The van der Waals surface area contributed by atoms with Crippen LogP contribution in [0.2, 0.25) is 0 Å². The van der Waals surface area contributed by atoms with E-state index in [1.54, 1.807) is 0 Å². The average molecular weight is 802 g/mol. The molecule has 0 saturated heterocycles. The van der Waals surface area contributed by atoms with Crippen molar-refractivity contribution in [1.29, 1.82) is 0 Å². The fourth-order valence-corrected chi connectivity index (χ4v) is 9.38. The molecule has 0 saturated carbocycles. The van der Waals surface area contributed by atoms with Gasteiger partial charge in [0.2, 0.25) is 0 Å². The molecule has 11 aromatic rings. The van der Waals surface area contributed by atoms with Gasteiger partial charge < -0.3 is 4.90 Å². The van der Waals surface area contributed by atoms with Gasteiger partial charge in [-0.3, -0.25) is 0 Å². The zero-order valence-electron chi connectivity index (χ0n) is 34.8. The van der Waals surface area contributed by atoms with Crippen LogP contribution in [0.15, 0.2) is 261 Å². The van der Waals surface area contributed by atoms with Crippen LogP contribution in [0.5, 0.6) is 0 Å². The van der Waals surface area contributed by atoms with Gasteiger partial charge in [0.15, 0.2) is 0 Å². The highest BCUT2D eigenvalue weighted by atomic mass is 15.1. The first kappa shape index (κ1) is 37.7. The molecule has 0 amide bonds. The minimum absolute atomic E-state index is 1.08. The van der Waals surface area contributed by atoms with Gasteiger partial charge in [0.05, 0.1) is 0 Å². The highest BCUT2D eigenvalue weighted by Gasteiger charge is 2.21. The molecule has 1 nitrogen and oxygen atoms in total. The summed E-state index contributed by atoms with van der Waals surface area (Å²) in [5, 5.41) is 5.00. The van der Waals surface area contributed by atoms with Crippen LogP contribution < -0.4 is 4.90 Å². The summed E-state index contributed by atoms with van der Waals surface area (Å²) in [5.41, 5.74) is 17.7. The van der Waals surface area contributed by atoms with E-state index in [1.165, 1.54) is 88.3 Å². The Morgan fingerprint density at radius 2 is 0.635 bits per heavy atom. The smallest absolute Gasteiger partial charge is 0.0468 e. The Kier molecular flexibility index (Phi) is 9.97. The van der Waals surface area contributed by atoms with Crippen LogP contribution in [0.25, 0.3) is 88.3 Å². The second-order valence-electron chi connectivity index (χ2n) is 16.0. The highest BCUT2D eigenvalue weighted by Crippen LogP contribution is 2.48. The van der Waals surface area contributed by atoms with Gasteiger partial charge in [-0.1, -0.05) is 224 Å². The van der Waals surface area contributed by atoms with Crippen LogP contribution in [-0.2, 0) is 0 Å². The molecule has 0 heterocycles. The number of fused-ring (bicyclic) bond motifs is 3. The molecule has 0 spiro atoms. The first-order chi connectivity index (χ1) is 31.3. The summed E-state index contributed by atoms with van der Waals surface area (Å²) in [6, 6.07) is 94.6. The van der Waals surface area contributed by atoms with E-state index in [0.29, 0.717) is 0 Å². The lowest BCUT2D eigenvalue weighted by molar-refractivity contribution is 1.28. The van der Waals surface area contributed by atoms with Gasteiger partial charge in [0.1, 0.15) is 0 Å². The molecular formula is C62H43N. The average Bonchev–Trinajstić information content (AvgIpc) is 3.37. The molecule has 0 unspecified atom stereocenters. The Balaban J connectivity index is 1.10. The lowest BCUT2D eigenvalue weighted by atomic mass is 9.83. The first-order valence-corrected chi connectivity index (χ1v) is 21.7. The van der Waals surface area contributed by atoms with Gasteiger partial charge in [-0.15, -0.1) is 0 Å². The normalized spacial score (nSPS) is 11.2. The standard InChI is InChI=1S/C62H43N/c1-6-20-44(21-7-1)50-30-18-31-52(42-50)63(53-40-41-54(45-22-8-2-9-23-45)59(43-53)46-24-10-3-11-25-46)51-38-36-47(37-39-51)55-34-19-35-58-61(49-28-14-5-15-29-49)60(48-26-12-4-13-27-48)56-32-16-17-33-57(56)62(55)58/h1-43H. The Hall–Kier alpha value is -8.26. The molecule has 0 aliphatic heterocycles. The number of rotatable bonds is 9. The molecule has 0 aromatic heterocycles. The first-order valence-electron chi connectivity index (χ1n) is 21.7. The maximum absolute atomic E-state index is 2.40. The van der Waals surface area contributed by atoms with E-state index in [1.807, 2.05) is 0 Å². The van der Waals surface area contributed by atoms with E-state index >= 15 is 0 Å². The fraction of sp³-hybridized carbons (Fsp3) is 0. The number of nitrogens with zero attached hydrogens (tertiary/aromatic N) is 1. The third-order valence-corrected chi connectivity index (χ3v) is 12.3. The summed E-state index contributed by atoms with van der Waals surface area (Å²) in [6.07, 6.45) is 0. The van der Waals surface area contributed by atoms with E-state index in [4.69, 9.17) is 0 Å². The Morgan fingerprint density at radius 1 is 0.206 bits per heavy atom. The molecular weight excluding hydrogens is 759 g/mol. The third-order valence-electron chi connectivity index (χ3n) is 12.3. The summed E-state index contributed by atoms with van der Waals surface area (Å²) < 4.78 is 0. The van der Waals surface area contributed by atoms with Crippen molar-refractivity contribution in [3.05, 3.63) is 261 Å². The van der Waals surface area contributed by atoms with E-state index in [-0.39, 0.29) is 0 Å². The Labute approximate surface area is 369 Å². The fourth-order valence-electron chi connectivity index (χ4n) is 9.38. The lowest BCUT2D eigenvalue weighted by Gasteiger charge is -2.27. The molecule has 0 N–H and O–H groups in total. The Bertz CT molecular complexity index is 3340. The largest absolute Gasteiger partial charge is 0.310 e. The monoisotopic (exact) mass is 801 g/mol. The quantitative estimate of drug-likeness (QED) is 0.131. The van der Waals surface area contributed by atoms with Crippen LogP contribution in [0.1, 0.15) is 0 Å². The molecule has 0 atom stereocenters. The van der Waals surface area contributed by atoms with Gasteiger partial charge in [0.25, 0.3) is 0 Å². The van der Waals surface area contributed by atoms with Crippen molar-refractivity contribution in [2.24, 2.45) is 0 Å². The molecule has 0 bridgehead atoms. The molecule has 0 aliphatic carbocycles. The number of hydrogen-bond donors (Lipinski definition) is 0. The van der Waals surface area contributed by atoms with Gasteiger partial charge in [0, 0.05) is 17.1 Å². The number of hydrogen-bond acceptors (Lipinski definition) is 1.